The lowest BCUT2D eigenvalue weighted by Crippen LogP contribution is -2.01. The fourth-order valence-electron chi connectivity index (χ4n) is 2.71. The highest BCUT2D eigenvalue weighted by atomic mass is 19.2. The Morgan fingerprint density at radius 3 is 2.56 bits per heavy atom. The molecule has 0 saturated carbocycles. The van der Waals surface area contributed by atoms with Crippen molar-refractivity contribution in [2.24, 2.45) is 0 Å². The molecule has 0 bridgehead atoms. The maximum Gasteiger partial charge on any atom is 0.200 e. The smallest absolute Gasteiger partial charge is 0.200 e. The minimum Gasteiger partial charge on any atom is -0.486 e. The van der Waals surface area contributed by atoms with Crippen molar-refractivity contribution in [3.63, 3.8) is 0 Å². The average molecular weight is 336 g/mol. The number of aromatic amines is 1. The molecule has 124 valence electrons. The van der Waals surface area contributed by atoms with Crippen molar-refractivity contribution in [2.45, 2.75) is 6.61 Å². The Morgan fingerprint density at radius 2 is 1.68 bits per heavy atom. The summed E-state index contributed by atoms with van der Waals surface area (Å²) < 4.78 is 32.5. The van der Waals surface area contributed by atoms with E-state index in [1.165, 1.54) is 12.1 Å². The molecule has 3 nitrogen and oxygen atoms in total. The van der Waals surface area contributed by atoms with Crippen LogP contribution in [0.2, 0.25) is 0 Å². The molecule has 0 unspecified atom stereocenters. The quantitative estimate of drug-likeness (QED) is 0.564. The van der Waals surface area contributed by atoms with Crippen molar-refractivity contribution in [1.82, 2.24) is 9.97 Å². The number of rotatable bonds is 4. The normalized spacial score (nSPS) is 11.0. The van der Waals surface area contributed by atoms with Crippen LogP contribution in [-0.4, -0.2) is 9.97 Å². The van der Waals surface area contributed by atoms with Gasteiger partial charge in [0.1, 0.15) is 12.4 Å². The van der Waals surface area contributed by atoms with Crippen LogP contribution in [0.4, 0.5) is 8.78 Å². The summed E-state index contributed by atoms with van der Waals surface area (Å²) in [5.74, 6) is -1.31. The van der Waals surface area contributed by atoms with Gasteiger partial charge in [0.05, 0.1) is 11.0 Å². The van der Waals surface area contributed by atoms with Gasteiger partial charge in [-0.3, -0.25) is 0 Å². The van der Waals surface area contributed by atoms with E-state index in [2.05, 4.69) is 9.97 Å². The molecule has 0 amide bonds. The van der Waals surface area contributed by atoms with E-state index >= 15 is 0 Å². The molecule has 1 aromatic heterocycles. The monoisotopic (exact) mass is 336 g/mol. The maximum atomic E-state index is 13.7. The molecule has 0 fully saturated rings. The van der Waals surface area contributed by atoms with Gasteiger partial charge in [0, 0.05) is 11.1 Å². The second-order valence-corrected chi connectivity index (χ2v) is 5.60. The van der Waals surface area contributed by atoms with Gasteiger partial charge < -0.3 is 9.72 Å². The van der Waals surface area contributed by atoms with Crippen LogP contribution in [0, 0.1) is 11.6 Å². The van der Waals surface area contributed by atoms with Gasteiger partial charge in [-0.2, -0.15) is 4.39 Å². The van der Waals surface area contributed by atoms with E-state index in [1.807, 2.05) is 48.5 Å². The number of hydrogen-bond acceptors (Lipinski definition) is 2. The largest absolute Gasteiger partial charge is 0.486 e. The van der Waals surface area contributed by atoms with Crippen molar-refractivity contribution in [3.05, 3.63) is 83.9 Å². The first-order chi connectivity index (χ1) is 12.2. The molecule has 0 atom stereocenters. The Balaban J connectivity index is 1.66. The molecule has 3 aromatic carbocycles. The summed E-state index contributed by atoms with van der Waals surface area (Å²) in [6.07, 6.45) is 0. The number of para-hydroxylation sites is 2. The van der Waals surface area contributed by atoms with Crippen molar-refractivity contribution in [1.29, 1.82) is 0 Å². The van der Waals surface area contributed by atoms with Crippen LogP contribution >= 0.6 is 0 Å². The van der Waals surface area contributed by atoms with E-state index in [0.29, 0.717) is 5.82 Å². The summed E-state index contributed by atoms with van der Waals surface area (Å²) in [5.41, 5.74) is 3.48. The van der Waals surface area contributed by atoms with Crippen LogP contribution in [0.25, 0.3) is 22.4 Å². The molecular formula is C20H14F2N2O. The second-order valence-electron chi connectivity index (χ2n) is 5.60. The average Bonchev–Trinajstić information content (AvgIpc) is 3.07. The van der Waals surface area contributed by atoms with Gasteiger partial charge >= 0.3 is 0 Å². The Labute approximate surface area is 142 Å². The number of nitrogens with one attached hydrogen (secondary N) is 1. The van der Waals surface area contributed by atoms with E-state index in [4.69, 9.17) is 4.74 Å². The van der Waals surface area contributed by atoms with Gasteiger partial charge in [-0.1, -0.05) is 42.5 Å². The van der Waals surface area contributed by atoms with Gasteiger partial charge in [0.2, 0.25) is 5.82 Å². The molecular weight excluding hydrogens is 322 g/mol. The predicted molar refractivity (Wildman–Crippen MR) is 92.2 cm³/mol. The Bertz CT molecular complexity index is 1010. The molecule has 0 aliphatic rings. The first-order valence-electron chi connectivity index (χ1n) is 7.82. The fourth-order valence-corrected chi connectivity index (χ4v) is 2.71. The standard InChI is InChI=1S/C20H14F2N2O/c21-15-8-5-11-18(19(15)22)25-12-13-6-1-2-7-14(13)20-23-16-9-3-4-10-17(16)24-20/h1-11H,12H2,(H,23,24). The van der Waals surface area contributed by atoms with Crippen molar-refractivity contribution >= 4 is 11.0 Å². The minimum absolute atomic E-state index is 0.105. The third kappa shape index (κ3) is 2.96. The van der Waals surface area contributed by atoms with Crippen LogP contribution < -0.4 is 4.74 Å². The van der Waals surface area contributed by atoms with Gasteiger partial charge in [-0.15, -0.1) is 0 Å². The van der Waals surface area contributed by atoms with Crippen LogP contribution in [0.15, 0.2) is 66.7 Å². The summed E-state index contributed by atoms with van der Waals surface area (Å²) in [5, 5.41) is 0. The molecule has 25 heavy (non-hydrogen) atoms. The molecule has 0 spiro atoms. The number of fused-ring (bicyclic) bond motifs is 1. The predicted octanol–water partition coefficient (Wildman–Crippen LogP) is 5.09. The third-order valence-corrected chi connectivity index (χ3v) is 3.96. The number of ether oxygens (including phenoxy) is 1. The van der Waals surface area contributed by atoms with Crippen molar-refractivity contribution in [2.75, 3.05) is 0 Å². The zero-order chi connectivity index (χ0) is 17.2. The lowest BCUT2D eigenvalue weighted by molar-refractivity contribution is 0.285. The lowest BCUT2D eigenvalue weighted by Gasteiger charge is -2.10. The number of nitrogens with zero attached hydrogens (tertiary/aromatic N) is 1. The van der Waals surface area contributed by atoms with E-state index in [9.17, 15) is 8.78 Å². The molecule has 1 heterocycles. The topological polar surface area (TPSA) is 37.9 Å². The molecule has 0 radical (unpaired) electrons. The minimum atomic E-state index is -0.983. The zero-order valence-electron chi connectivity index (χ0n) is 13.2. The number of benzene rings is 3. The highest BCUT2D eigenvalue weighted by Gasteiger charge is 2.12. The Morgan fingerprint density at radius 1 is 0.880 bits per heavy atom. The number of halogens is 2. The molecule has 5 heteroatoms. The highest BCUT2D eigenvalue weighted by Crippen LogP contribution is 2.26. The van der Waals surface area contributed by atoms with E-state index < -0.39 is 11.6 Å². The van der Waals surface area contributed by atoms with E-state index in [-0.39, 0.29) is 12.4 Å². The Kier molecular flexibility index (Phi) is 3.90. The van der Waals surface area contributed by atoms with Gasteiger partial charge in [0.25, 0.3) is 0 Å². The molecule has 0 aliphatic heterocycles. The second kappa shape index (κ2) is 6.36. The summed E-state index contributed by atoms with van der Waals surface area (Å²) in [4.78, 5) is 7.86. The van der Waals surface area contributed by atoms with E-state index in [1.54, 1.807) is 0 Å². The summed E-state index contributed by atoms with van der Waals surface area (Å²) in [7, 11) is 0. The van der Waals surface area contributed by atoms with Crippen molar-refractivity contribution in [3.8, 4) is 17.1 Å². The van der Waals surface area contributed by atoms with E-state index in [0.717, 1.165) is 28.2 Å². The zero-order valence-corrected chi connectivity index (χ0v) is 13.2. The van der Waals surface area contributed by atoms with Crippen molar-refractivity contribution < 1.29 is 13.5 Å². The van der Waals surface area contributed by atoms with Gasteiger partial charge in [0.15, 0.2) is 11.6 Å². The number of H-pyrrole nitrogens is 1. The van der Waals surface area contributed by atoms with Crippen LogP contribution in [0.1, 0.15) is 5.56 Å². The molecule has 4 aromatic rings. The Hall–Kier alpha value is -3.21. The fraction of sp³-hybridized carbons (Fsp3) is 0.0500. The number of imidazole rings is 1. The van der Waals surface area contributed by atoms with Gasteiger partial charge in [-0.05, 0) is 24.3 Å². The number of aromatic nitrogens is 2. The third-order valence-electron chi connectivity index (χ3n) is 3.96. The molecule has 4 rings (SSSR count). The number of hydrogen-bond donors (Lipinski definition) is 1. The molecule has 1 N–H and O–H groups in total. The van der Waals surface area contributed by atoms with Crippen LogP contribution in [-0.2, 0) is 6.61 Å². The first-order valence-corrected chi connectivity index (χ1v) is 7.82. The first kappa shape index (κ1) is 15.3. The highest BCUT2D eigenvalue weighted by molar-refractivity contribution is 5.79. The SMILES string of the molecule is Fc1cccc(OCc2ccccc2-c2nc3ccccc3[nH]2)c1F. The summed E-state index contributed by atoms with van der Waals surface area (Å²) >= 11 is 0. The van der Waals surface area contributed by atoms with Crippen LogP contribution in [0.3, 0.4) is 0 Å². The molecule has 0 aliphatic carbocycles. The maximum absolute atomic E-state index is 13.7. The van der Waals surface area contributed by atoms with Crippen LogP contribution in [0.5, 0.6) is 5.75 Å². The lowest BCUT2D eigenvalue weighted by atomic mass is 10.1. The summed E-state index contributed by atoms with van der Waals surface area (Å²) in [6.45, 7) is 0.105. The molecule has 0 saturated heterocycles. The van der Waals surface area contributed by atoms with Gasteiger partial charge in [-0.25, -0.2) is 9.37 Å². The summed E-state index contributed by atoms with van der Waals surface area (Å²) in [6, 6.07) is 19.2.